The number of aromatic nitrogens is 5. The Morgan fingerprint density at radius 3 is 2.67 bits per heavy atom. The van der Waals surface area contributed by atoms with Gasteiger partial charge in [0.25, 0.3) is 5.91 Å². The van der Waals surface area contributed by atoms with Crippen molar-refractivity contribution in [1.29, 1.82) is 0 Å². The molecule has 3 heterocycles. The van der Waals surface area contributed by atoms with E-state index < -0.39 is 0 Å². The van der Waals surface area contributed by atoms with E-state index in [1.807, 2.05) is 56.3 Å². The Bertz CT molecular complexity index is 1160. The number of aryl methyl sites for hydroxylation is 1. The molecule has 1 aromatic carbocycles. The molecule has 0 bridgehead atoms. The van der Waals surface area contributed by atoms with E-state index in [0.717, 1.165) is 28.4 Å². The monoisotopic (exact) mass is 402 g/mol. The highest BCUT2D eigenvalue weighted by Crippen LogP contribution is 2.23. The standard InChI is InChI=1S/C22H22N6O2/c1-15-11-20(16(2)28(15)18-6-8-19(30-3)9-7-18)22(29)25-12-17-5-4-10-24-21(17)27-14-23-13-26-27/h4-11,13-14H,12H2,1-3H3,(H,25,29). The number of ether oxygens (including phenoxy) is 1. The van der Waals surface area contributed by atoms with Crippen molar-refractivity contribution in [3.05, 3.63) is 83.8 Å². The van der Waals surface area contributed by atoms with Crippen LogP contribution in [-0.4, -0.2) is 37.3 Å². The van der Waals surface area contributed by atoms with Gasteiger partial charge in [-0.2, -0.15) is 5.10 Å². The lowest BCUT2D eigenvalue weighted by atomic mass is 10.2. The molecule has 4 rings (SSSR count). The Morgan fingerprint density at radius 2 is 1.97 bits per heavy atom. The fourth-order valence-electron chi connectivity index (χ4n) is 3.48. The van der Waals surface area contributed by atoms with Gasteiger partial charge in [-0.15, -0.1) is 0 Å². The highest BCUT2D eigenvalue weighted by atomic mass is 16.5. The van der Waals surface area contributed by atoms with E-state index in [4.69, 9.17) is 4.74 Å². The second kappa shape index (κ2) is 8.20. The maximum Gasteiger partial charge on any atom is 0.253 e. The molecular formula is C22H22N6O2. The average Bonchev–Trinajstić information content (AvgIpc) is 3.40. The van der Waals surface area contributed by atoms with Crippen LogP contribution in [0, 0.1) is 13.8 Å². The zero-order valence-corrected chi connectivity index (χ0v) is 17.0. The molecule has 0 atom stereocenters. The van der Waals surface area contributed by atoms with Crippen LogP contribution in [0.1, 0.15) is 27.3 Å². The zero-order chi connectivity index (χ0) is 21.1. The Balaban J connectivity index is 1.55. The van der Waals surface area contributed by atoms with Crippen LogP contribution in [0.5, 0.6) is 5.75 Å². The number of nitrogens with one attached hydrogen (secondary N) is 1. The van der Waals surface area contributed by atoms with Crippen LogP contribution in [0.4, 0.5) is 0 Å². The molecule has 0 aliphatic carbocycles. The quantitative estimate of drug-likeness (QED) is 0.536. The van der Waals surface area contributed by atoms with E-state index in [2.05, 4.69) is 25.0 Å². The van der Waals surface area contributed by atoms with Gasteiger partial charge >= 0.3 is 0 Å². The maximum absolute atomic E-state index is 12.9. The molecule has 0 aliphatic heterocycles. The largest absolute Gasteiger partial charge is 0.497 e. The third-order valence-electron chi connectivity index (χ3n) is 4.95. The summed E-state index contributed by atoms with van der Waals surface area (Å²) in [4.78, 5) is 21.3. The summed E-state index contributed by atoms with van der Waals surface area (Å²) >= 11 is 0. The van der Waals surface area contributed by atoms with E-state index in [1.54, 1.807) is 24.3 Å². The van der Waals surface area contributed by atoms with Crippen LogP contribution in [0.25, 0.3) is 11.5 Å². The Morgan fingerprint density at radius 1 is 1.17 bits per heavy atom. The third-order valence-corrected chi connectivity index (χ3v) is 4.95. The summed E-state index contributed by atoms with van der Waals surface area (Å²) in [5.74, 6) is 1.29. The predicted molar refractivity (Wildman–Crippen MR) is 112 cm³/mol. The SMILES string of the molecule is COc1ccc(-n2c(C)cc(C(=O)NCc3cccnc3-n3cncn3)c2C)cc1. The number of benzene rings is 1. The molecule has 0 spiro atoms. The van der Waals surface area contributed by atoms with Crippen LogP contribution >= 0.6 is 0 Å². The number of carbonyl (C=O) groups excluding carboxylic acids is 1. The third kappa shape index (κ3) is 3.67. The van der Waals surface area contributed by atoms with Crippen LogP contribution in [0.3, 0.4) is 0 Å². The molecule has 152 valence electrons. The van der Waals surface area contributed by atoms with Gasteiger partial charge in [0.1, 0.15) is 18.4 Å². The molecule has 0 radical (unpaired) electrons. The van der Waals surface area contributed by atoms with Crippen molar-refractivity contribution in [3.8, 4) is 17.3 Å². The highest BCUT2D eigenvalue weighted by Gasteiger charge is 2.17. The van der Waals surface area contributed by atoms with E-state index >= 15 is 0 Å². The van der Waals surface area contributed by atoms with Gasteiger partial charge in [-0.1, -0.05) is 6.07 Å². The number of methoxy groups -OCH3 is 1. The summed E-state index contributed by atoms with van der Waals surface area (Å²) in [6, 6.07) is 13.4. The van der Waals surface area contributed by atoms with Crippen molar-refractivity contribution >= 4 is 5.91 Å². The van der Waals surface area contributed by atoms with E-state index in [0.29, 0.717) is 17.9 Å². The Kier molecular flexibility index (Phi) is 5.30. The fraction of sp³-hybridized carbons (Fsp3) is 0.182. The molecule has 0 saturated carbocycles. The smallest absolute Gasteiger partial charge is 0.253 e. The molecule has 30 heavy (non-hydrogen) atoms. The fourth-order valence-corrected chi connectivity index (χ4v) is 3.48. The molecule has 0 saturated heterocycles. The molecule has 8 nitrogen and oxygen atoms in total. The first kappa shape index (κ1) is 19.4. The van der Waals surface area contributed by atoms with Gasteiger partial charge in [0.15, 0.2) is 5.82 Å². The summed E-state index contributed by atoms with van der Waals surface area (Å²) in [6.45, 7) is 4.25. The molecular weight excluding hydrogens is 380 g/mol. The van der Waals surface area contributed by atoms with Crippen LogP contribution in [0.15, 0.2) is 61.3 Å². The van der Waals surface area contributed by atoms with Crippen molar-refractivity contribution in [1.82, 2.24) is 29.6 Å². The number of amides is 1. The van der Waals surface area contributed by atoms with Crippen molar-refractivity contribution in [2.45, 2.75) is 20.4 Å². The Hall–Kier alpha value is -3.94. The lowest BCUT2D eigenvalue weighted by Crippen LogP contribution is -2.24. The van der Waals surface area contributed by atoms with Gasteiger partial charge in [-0.3, -0.25) is 4.79 Å². The van der Waals surface area contributed by atoms with E-state index in [9.17, 15) is 4.79 Å². The number of carbonyl (C=O) groups is 1. The first-order valence-electron chi connectivity index (χ1n) is 9.49. The summed E-state index contributed by atoms with van der Waals surface area (Å²) in [5.41, 5.74) is 4.31. The van der Waals surface area contributed by atoms with Crippen molar-refractivity contribution < 1.29 is 9.53 Å². The number of hydrogen-bond acceptors (Lipinski definition) is 5. The number of nitrogens with zero attached hydrogens (tertiary/aromatic N) is 5. The van der Waals surface area contributed by atoms with E-state index in [1.165, 1.54) is 6.33 Å². The minimum atomic E-state index is -0.142. The Labute approximate surface area is 174 Å². The van der Waals surface area contributed by atoms with Gasteiger partial charge in [0.2, 0.25) is 0 Å². The molecule has 8 heteroatoms. The van der Waals surface area contributed by atoms with Gasteiger partial charge < -0.3 is 14.6 Å². The molecule has 1 N–H and O–H groups in total. The molecule has 0 aliphatic rings. The lowest BCUT2D eigenvalue weighted by Gasteiger charge is -2.11. The van der Waals surface area contributed by atoms with Crippen LogP contribution < -0.4 is 10.1 Å². The molecule has 0 fully saturated rings. The topological polar surface area (TPSA) is 86.9 Å². The first-order valence-corrected chi connectivity index (χ1v) is 9.49. The first-order chi connectivity index (χ1) is 14.6. The van der Waals surface area contributed by atoms with Crippen molar-refractivity contribution in [3.63, 3.8) is 0 Å². The molecule has 0 unspecified atom stereocenters. The highest BCUT2D eigenvalue weighted by molar-refractivity contribution is 5.95. The minimum Gasteiger partial charge on any atom is -0.497 e. The molecule has 1 amide bonds. The van der Waals surface area contributed by atoms with Crippen molar-refractivity contribution in [2.75, 3.05) is 7.11 Å². The van der Waals surface area contributed by atoms with Gasteiger partial charge in [0.05, 0.1) is 12.7 Å². The summed E-state index contributed by atoms with van der Waals surface area (Å²) < 4.78 is 8.87. The zero-order valence-electron chi connectivity index (χ0n) is 17.0. The predicted octanol–water partition coefficient (Wildman–Crippen LogP) is 3.01. The van der Waals surface area contributed by atoms with Gasteiger partial charge in [-0.05, 0) is 50.2 Å². The molecule has 4 aromatic rings. The minimum absolute atomic E-state index is 0.142. The molecule has 3 aromatic heterocycles. The lowest BCUT2D eigenvalue weighted by molar-refractivity contribution is 0.0950. The summed E-state index contributed by atoms with van der Waals surface area (Å²) in [7, 11) is 1.64. The van der Waals surface area contributed by atoms with Crippen molar-refractivity contribution in [2.24, 2.45) is 0 Å². The number of hydrogen-bond donors (Lipinski definition) is 1. The average molecular weight is 402 g/mol. The summed E-state index contributed by atoms with van der Waals surface area (Å²) in [5, 5.41) is 7.12. The second-order valence-corrected chi connectivity index (χ2v) is 6.83. The summed E-state index contributed by atoms with van der Waals surface area (Å²) in [6.07, 6.45) is 4.71. The maximum atomic E-state index is 12.9. The number of pyridine rings is 1. The van der Waals surface area contributed by atoms with E-state index in [-0.39, 0.29) is 5.91 Å². The number of rotatable bonds is 6. The van der Waals surface area contributed by atoms with Crippen LogP contribution in [-0.2, 0) is 6.54 Å². The second-order valence-electron chi connectivity index (χ2n) is 6.83. The van der Waals surface area contributed by atoms with Gasteiger partial charge in [-0.25, -0.2) is 14.6 Å². The van der Waals surface area contributed by atoms with Crippen LogP contribution in [0.2, 0.25) is 0 Å². The normalized spacial score (nSPS) is 10.8. The van der Waals surface area contributed by atoms with Gasteiger partial charge in [0, 0.05) is 35.4 Å².